The molecule has 5 nitrogen and oxygen atoms in total. The van der Waals surface area contributed by atoms with Gasteiger partial charge in [0.05, 0.1) is 0 Å². The quantitative estimate of drug-likeness (QED) is 0.695. The third-order valence-electron chi connectivity index (χ3n) is 2.23. The van der Waals surface area contributed by atoms with E-state index in [4.69, 9.17) is 10.2 Å². The van der Waals surface area contributed by atoms with Crippen LogP contribution in [0.4, 0.5) is 12.0 Å². The summed E-state index contributed by atoms with van der Waals surface area (Å²) >= 11 is 0. The molecule has 0 spiro atoms. The van der Waals surface area contributed by atoms with Crippen molar-refractivity contribution < 1.29 is 4.42 Å². The molecule has 2 atom stereocenters. The second-order valence-corrected chi connectivity index (χ2v) is 3.30. The van der Waals surface area contributed by atoms with Crippen LogP contribution in [0, 0.1) is 11.8 Å². The lowest BCUT2D eigenvalue weighted by Gasteiger charge is -1.96. The van der Waals surface area contributed by atoms with Gasteiger partial charge in [0, 0.05) is 6.54 Å². The second kappa shape index (κ2) is 2.66. The van der Waals surface area contributed by atoms with Crippen LogP contribution >= 0.6 is 0 Å². The molecule has 0 aliphatic heterocycles. The zero-order valence-corrected chi connectivity index (χ0v) is 6.95. The monoisotopic (exact) mass is 168 g/mol. The normalized spacial score (nSPS) is 27.1. The van der Waals surface area contributed by atoms with E-state index in [9.17, 15) is 0 Å². The van der Waals surface area contributed by atoms with Crippen LogP contribution in [-0.2, 0) is 0 Å². The van der Waals surface area contributed by atoms with Crippen molar-refractivity contribution in [1.29, 1.82) is 0 Å². The average molecular weight is 168 g/mol. The maximum absolute atomic E-state index is 5.25. The Bertz CT molecular complexity index is 272. The topological polar surface area (TPSA) is 77.0 Å². The summed E-state index contributed by atoms with van der Waals surface area (Å²) in [4.78, 5) is 0. The highest BCUT2D eigenvalue weighted by molar-refractivity contribution is 5.22. The molecule has 0 aromatic carbocycles. The van der Waals surface area contributed by atoms with E-state index < -0.39 is 0 Å². The van der Waals surface area contributed by atoms with Crippen molar-refractivity contribution in [3.8, 4) is 0 Å². The van der Waals surface area contributed by atoms with Crippen LogP contribution in [0.2, 0.25) is 0 Å². The van der Waals surface area contributed by atoms with Gasteiger partial charge in [0.2, 0.25) is 0 Å². The van der Waals surface area contributed by atoms with Gasteiger partial charge in [0.15, 0.2) is 0 Å². The van der Waals surface area contributed by atoms with E-state index in [0.29, 0.717) is 6.01 Å². The molecule has 2 rings (SSSR count). The Labute approximate surface area is 70.3 Å². The highest BCUT2D eigenvalue weighted by Crippen LogP contribution is 2.37. The van der Waals surface area contributed by atoms with Gasteiger partial charge in [-0.2, -0.15) is 0 Å². The van der Waals surface area contributed by atoms with Crippen molar-refractivity contribution in [3.05, 3.63) is 0 Å². The molecule has 66 valence electrons. The first-order valence-electron chi connectivity index (χ1n) is 4.08. The van der Waals surface area contributed by atoms with Crippen LogP contribution in [-0.4, -0.2) is 16.7 Å². The molecule has 2 unspecified atom stereocenters. The van der Waals surface area contributed by atoms with Crippen molar-refractivity contribution in [1.82, 2.24) is 10.2 Å². The van der Waals surface area contributed by atoms with E-state index in [1.165, 1.54) is 6.42 Å². The minimum atomic E-state index is 0.112. The fourth-order valence-electron chi connectivity index (χ4n) is 1.21. The summed E-state index contributed by atoms with van der Waals surface area (Å²) in [6.07, 6.45) is 1.29. The number of nitrogens with two attached hydrogens (primary N) is 1. The molecular weight excluding hydrogens is 156 g/mol. The molecule has 1 aliphatic rings. The van der Waals surface area contributed by atoms with Gasteiger partial charge in [-0.05, 0) is 18.3 Å². The lowest BCUT2D eigenvalue weighted by molar-refractivity contribution is 0.582. The minimum absolute atomic E-state index is 0.112. The Balaban J connectivity index is 1.80. The molecule has 1 saturated carbocycles. The smallest absolute Gasteiger partial charge is 0.316 e. The number of nitrogens with zero attached hydrogens (tertiary/aromatic N) is 2. The van der Waals surface area contributed by atoms with Crippen LogP contribution < -0.4 is 11.1 Å². The van der Waals surface area contributed by atoms with Gasteiger partial charge in [-0.1, -0.05) is 17.1 Å². The van der Waals surface area contributed by atoms with Gasteiger partial charge in [-0.15, -0.1) is 0 Å². The molecule has 0 radical (unpaired) electrons. The highest BCUT2D eigenvalue weighted by Gasteiger charge is 2.32. The van der Waals surface area contributed by atoms with Gasteiger partial charge in [-0.25, -0.2) is 0 Å². The second-order valence-electron chi connectivity index (χ2n) is 3.30. The molecule has 3 N–H and O–H groups in total. The Morgan fingerprint density at radius 3 is 2.92 bits per heavy atom. The molecular formula is C7H12N4O. The van der Waals surface area contributed by atoms with Gasteiger partial charge < -0.3 is 15.5 Å². The van der Waals surface area contributed by atoms with Crippen LogP contribution in [0.15, 0.2) is 4.42 Å². The SMILES string of the molecule is CC1CC1CNc1nnc(N)o1. The van der Waals surface area contributed by atoms with Crippen LogP contribution in [0.5, 0.6) is 0 Å². The Hall–Kier alpha value is -1.26. The maximum Gasteiger partial charge on any atom is 0.316 e. The molecule has 0 bridgehead atoms. The van der Waals surface area contributed by atoms with Crippen molar-refractivity contribution >= 4 is 12.0 Å². The molecule has 1 fully saturated rings. The molecule has 0 saturated heterocycles. The largest absolute Gasteiger partial charge is 0.390 e. The highest BCUT2D eigenvalue weighted by atomic mass is 16.4. The van der Waals surface area contributed by atoms with Crippen molar-refractivity contribution in [2.24, 2.45) is 11.8 Å². The Morgan fingerprint density at radius 2 is 2.42 bits per heavy atom. The van der Waals surface area contributed by atoms with E-state index in [-0.39, 0.29) is 6.01 Å². The average Bonchev–Trinajstić information content (AvgIpc) is 2.56. The van der Waals surface area contributed by atoms with E-state index >= 15 is 0 Å². The minimum Gasteiger partial charge on any atom is -0.390 e. The zero-order valence-electron chi connectivity index (χ0n) is 6.95. The van der Waals surface area contributed by atoms with E-state index in [1.54, 1.807) is 0 Å². The summed E-state index contributed by atoms with van der Waals surface area (Å²) < 4.78 is 4.94. The summed E-state index contributed by atoms with van der Waals surface area (Å²) in [5.41, 5.74) is 5.25. The van der Waals surface area contributed by atoms with Crippen LogP contribution in [0.1, 0.15) is 13.3 Å². The predicted octanol–water partition coefficient (Wildman–Crippen LogP) is 0.720. The van der Waals surface area contributed by atoms with Crippen molar-refractivity contribution in [2.45, 2.75) is 13.3 Å². The number of hydrogen-bond donors (Lipinski definition) is 2. The van der Waals surface area contributed by atoms with Gasteiger partial charge >= 0.3 is 12.0 Å². The third-order valence-corrected chi connectivity index (χ3v) is 2.23. The molecule has 0 amide bonds. The van der Waals surface area contributed by atoms with E-state index in [1.807, 2.05) is 0 Å². The molecule has 5 heteroatoms. The Kier molecular flexibility index (Phi) is 1.64. The predicted molar refractivity (Wildman–Crippen MR) is 44.5 cm³/mol. The fraction of sp³-hybridized carbons (Fsp3) is 0.714. The Morgan fingerprint density at radius 1 is 1.67 bits per heavy atom. The lowest BCUT2D eigenvalue weighted by atomic mass is 10.3. The molecule has 1 aliphatic carbocycles. The molecule has 12 heavy (non-hydrogen) atoms. The lowest BCUT2D eigenvalue weighted by Crippen LogP contribution is -2.04. The summed E-state index contributed by atoms with van der Waals surface area (Å²) in [5, 5.41) is 10.3. The van der Waals surface area contributed by atoms with Crippen LogP contribution in [0.25, 0.3) is 0 Å². The third kappa shape index (κ3) is 1.49. The number of hydrogen-bond acceptors (Lipinski definition) is 5. The first kappa shape index (κ1) is 7.39. The number of rotatable bonds is 3. The summed E-state index contributed by atoms with van der Waals surface area (Å²) in [7, 11) is 0. The number of anilines is 2. The van der Waals surface area contributed by atoms with Crippen LogP contribution in [0.3, 0.4) is 0 Å². The molecule has 1 heterocycles. The number of nitrogens with one attached hydrogen (secondary N) is 1. The summed E-state index contributed by atoms with van der Waals surface area (Å²) in [6, 6.07) is 0.535. The number of aromatic nitrogens is 2. The zero-order chi connectivity index (χ0) is 8.55. The van der Waals surface area contributed by atoms with E-state index in [2.05, 4.69) is 22.4 Å². The fourth-order valence-corrected chi connectivity index (χ4v) is 1.21. The molecule has 1 aromatic rings. The van der Waals surface area contributed by atoms with Crippen molar-refractivity contribution in [3.63, 3.8) is 0 Å². The standard InChI is InChI=1S/C7H12N4O/c1-4-2-5(4)3-9-7-11-10-6(8)12-7/h4-5H,2-3H2,1H3,(H2,8,10)(H,9,11). The van der Waals surface area contributed by atoms with Gasteiger partial charge in [-0.3, -0.25) is 0 Å². The summed E-state index contributed by atoms with van der Waals surface area (Å²) in [5.74, 6) is 1.59. The number of nitrogen functional groups attached to an aromatic ring is 1. The van der Waals surface area contributed by atoms with Gasteiger partial charge in [0.25, 0.3) is 0 Å². The van der Waals surface area contributed by atoms with Crippen molar-refractivity contribution in [2.75, 3.05) is 17.6 Å². The first-order valence-corrected chi connectivity index (χ1v) is 4.08. The molecule has 1 aromatic heterocycles. The maximum atomic E-state index is 5.25. The first-order chi connectivity index (χ1) is 5.75. The van der Waals surface area contributed by atoms with E-state index in [0.717, 1.165) is 18.4 Å². The summed E-state index contributed by atoms with van der Waals surface area (Å²) in [6.45, 7) is 3.14. The van der Waals surface area contributed by atoms with Gasteiger partial charge in [0.1, 0.15) is 0 Å².